The number of benzene rings is 1. The van der Waals surface area contributed by atoms with Crippen molar-refractivity contribution < 1.29 is 9.90 Å². The third kappa shape index (κ3) is 2.79. The van der Waals surface area contributed by atoms with Crippen LogP contribution in [0.1, 0.15) is 5.56 Å². The Bertz CT molecular complexity index is 558. The quantitative estimate of drug-likeness (QED) is 0.756. The number of aromatic nitrogens is 2. The molecule has 0 atom stereocenters. The molecule has 2 rings (SSSR count). The van der Waals surface area contributed by atoms with E-state index in [1.807, 2.05) is 6.92 Å². The minimum absolute atomic E-state index is 0.0771. The summed E-state index contributed by atoms with van der Waals surface area (Å²) in [7, 11) is 0. The van der Waals surface area contributed by atoms with Gasteiger partial charge in [0.1, 0.15) is 18.1 Å². The normalized spacial score (nSPS) is 10.3. The number of carbonyl (C=O) groups is 1. The molecule has 2 aromatic rings. The van der Waals surface area contributed by atoms with Gasteiger partial charge in [-0.05, 0) is 19.1 Å². The Hall–Kier alpha value is -2.50. The zero-order valence-corrected chi connectivity index (χ0v) is 9.92. The molecule has 18 heavy (non-hydrogen) atoms. The minimum atomic E-state index is -0.233. The van der Waals surface area contributed by atoms with Crippen molar-refractivity contribution in [3.05, 3.63) is 36.0 Å². The van der Waals surface area contributed by atoms with Crippen LogP contribution in [0.15, 0.2) is 30.5 Å². The standard InChI is InChI=1S/C12H14N4O2/c1-8-6-16(15-12(8)13)7-11(18)14-9-3-2-4-10(17)5-9/h2-6,17H,7H2,1H3,(H2,13,15)(H,14,18). The summed E-state index contributed by atoms with van der Waals surface area (Å²) in [6.07, 6.45) is 1.71. The number of nitrogens with one attached hydrogen (secondary N) is 1. The highest BCUT2D eigenvalue weighted by Crippen LogP contribution is 2.15. The average molecular weight is 246 g/mol. The fourth-order valence-electron chi connectivity index (χ4n) is 1.55. The summed E-state index contributed by atoms with van der Waals surface area (Å²) in [5.74, 6) is 0.287. The largest absolute Gasteiger partial charge is 0.508 e. The Balaban J connectivity index is 2.01. The lowest BCUT2D eigenvalue weighted by Crippen LogP contribution is -2.19. The monoisotopic (exact) mass is 246 g/mol. The molecule has 4 N–H and O–H groups in total. The molecular formula is C12H14N4O2. The van der Waals surface area contributed by atoms with Gasteiger partial charge in [-0.2, -0.15) is 5.10 Å². The molecule has 6 heteroatoms. The van der Waals surface area contributed by atoms with E-state index in [0.29, 0.717) is 11.5 Å². The molecule has 0 bridgehead atoms. The molecule has 94 valence electrons. The molecule has 0 unspecified atom stereocenters. The first-order chi connectivity index (χ1) is 8.54. The number of hydrogen-bond acceptors (Lipinski definition) is 4. The number of amides is 1. The molecule has 1 aromatic heterocycles. The summed E-state index contributed by atoms with van der Waals surface area (Å²) in [6, 6.07) is 6.36. The van der Waals surface area contributed by atoms with Gasteiger partial charge in [0.15, 0.2) is 0 Å². The molecular weight excluding hydrogens is 232 g/mol. The zero-order chi connectivity index (χ0) is 13.1. The van der Waals surface area contributed by atoms with E-state index in [1.165, 1.54) is 16.8 Å². The van der Waals surface area contributed by atoms with Gasteiger partial charge in [-0.1, -0.05) is 6.07 Å². The topological polar surface area (TPSA) is 93.2 Å². The van der Waals surface area contributed by atoms with Gasteiger partial charge in [0.05, 0.1) is 0 Å². The molecule has 1 amide bonds. The molecule has 1 heterocycles. The van der Waals surface area contributed by atoms with E-state index in [-0.39, 0.29) is 18.2 Å². The second kappa shape index (κ2) is 4.79. The fraction of sp³-hybridized carbons (Fsp3) is 0.167. The molecule has 0 aliphatic carbocycles. The van der Waals surface area contributed by atoms with Crippen molar-refractivity contribution in [3.8, 4) is 5.75 Å². The number of aryl methyl sites for hydroxylation is 1. The van der Waals surface area contributed by atoms with Crippen molar-refractivity contribution in [1.82, 2.24) is 9.78 Å². The maximum absolute atomic E-state index is 11.7. The number of anilines is 2. The highest BCUT2D eigenvalue weighted by Gasteiger charge is 2.07. The van der Waals surface area contributed by atoms with Crippen LogP contribution >= 0.6 is 0 Å². The Labute approximate surface area is 104 Å². The smallest absolute Gasteiger partial charge is 0.246 e. The van der Waals surface area contributed by atoms with Crippen LogP contribution in [0.3, 0.4) is 0 Å². The first kappa shape index (κ1) is 12.0. The van der Waals surface area contributed by atoms with Gasteiger partial charge in [0.2, 0.25) is 5.91 Å². The van der Waals surface area contributed by atoms with Gasteiger partial charge >= 0.3 is 0 Å². The summed E-state index contributed by atoms with van der Waals surface area (Å²) in [5, 5.41) is 15.9. The van der Waals surface area contributed by atoms with Crippen LogP contribution in [0.2, 0.25) is 0 Å². The predicted octanol–water partition coefficient (Wildman–Crippen LogP) is 1.12. The number of hydrogen-bond donors (Lipinski definition) is 3. The fourth-order valence-corrected chi connectivity index (χ4v) is 1.55. The van der Waals surface area contributed by atoms with Crippen LogP contribution in [0.4, 0.5) is 11.5 Å². The lowest BCUT2D eigenvalue weighted by atomic mass is 10.3. The second-order valence-corrected chi connectivity index (χ2v) is 3.99. The number of phenolic OH excluding ortho intramolecular Hbond substituents is 1. The van der Waals surface area contributed by atoms with Gasteiger partial charge in [-0.25, -0.2) is 0 Å². The summed E-state index contributed by atoms with van der Waals surface area (Å²) >= 11 is 0. The van der Waals surface area contributed by atoms with Gasteiger partial charge < -0.3 is 16.2 Å². The molecule has 0 aliphatic rings. The molecule has 0 saturated heterocycles. The number of nitrogens with two attached hydrogens (primary N) is 1. The van der Waals surface area contributed by atoms with Crippen molar-refractivity contribution >= 4 is 17.4 Å². The molecule has 0 spiro atoms. The number of nitrogen functional groups attached to an aromatic ring is 1. The van der Waals surface area contributed by atoms with Crippen LogP contribution in [0.5, 0.6) is 5.75 Å². The van der Waals surface area contributed by atoms with E-state index >= 15 is 0 Å². The van der Waals surface area contributed by atoms with Crippen molar-refractivity contribution in [3.63, 3.8) is 0 Å². The zero-order valence-electron chi connectivity index (χ0n) is 9.92. The Kier molecular flexibility index (Phi) is 3.18. The van der Waals surface area contributed by atoms with E-state index in [2.05, 4.69) is 10.4 Å². The van der Waals surface area contributed by atoms with Crippen molar-refractivity contribution in [1.29, 1.82) is 0 Å². The number of phenols is 1. The van der Waals surface area contributed by atoms with Crippen LogP contribution in [-0.4, -0.2) is 20.8 Å². The second-order valence-electron chi connectivity index (χ2n) is 3.99. The number of aromatic hydroxyl groups is 1. The summed E-state index contributed by atoms with van der Waals surface area (Å²) < 4.78 is 1.47. The molecule has 0 radical (unpaired) electrons. The number of rotatable bonds is 3. The highest BCUT2D eigenvalue weighted by molar-refractivity contribution is 5.90. The third-order valence-electron chi connectivity index (χ3n) is 2.42. The van der Waals surface area contributed by atoms with Crippen molar-refractivity contribution in [2.75, 3.05) is 11.1 Å². The minimum Gasteiger partial charge on any atom is -0.508 e. The van der Waals surface area contributed by atoms with E-state index in [1.54, 1.807) is 18.3 Å². The maximum atomic E-state index is 11.7. The van der Waals surface area contributed by atoms with Crippen LogP contribution in [0.25, 0.3) is 0 Å². The maximum Gasteiger partial charge on any atom is 0.246 e. The Morgan fingerprint density at radius 1 is 1.56 bits per heavy atom. The first-order valence-corrected chi connectivity index (χ1v) is 5.43. The van der Waals surface area contributed by atoms with Crippen LogP contribution in [0, 0.1) is 6.92 Å². The summed E-state index contributed by atoms with van der Waals surface area (Å²) in [4.78, 5) is 11.7. The Morgan fingerprint density at radius 2 is 2.33 bits per heavy atom. The molecule has 0 aliphatic heterocycles. The Morgan fingerprint density at radius 3 is 2.94 bits per heavy atom. The lowest BCUT2D eigenvalue weighted by molar-refractivity contribution is -0.116. The summed E-state index contributed by atoms with van der Waals surface area (Å²) in [5.41, 5.74) is 6.96. The highest BCUT2D eigenvalue weighted by atomic mass is 16.3. The SMILES string of the molecule is Cc1cn(CC(=O)Nc2cccc(O)c2)nc1N. The first-order valence-electron chi connectivity index (χ1n) is 5.43. The molecule has 6 nitrogen and oxygen atoms in total. The van der Waals surface area contributed by atoms with E-state index in [4.69, 9.17) is 5.73 Å². The number of carbonyl (C=O) groups excluding carboxylic acids is 1. The van der Waals surface area contributed by atoms with Crippen LogP contribution in [-0.2, 0) is 11.3 Å². The van der Waals surface area contributed by atoms with Gasteiger partial charge in [0, 0.05) is 23.5 Å². The van der Waals surface area contributed by atoms with E-state index in [0.717, 1.165) is 5.56 Å². The molecule has 1 aromatic carbocycles. The average Bonchev–Trinajstić information content (AvgIpc) is 2.57. The van der Waals surface area contributed by atoms with Gasteiger partial charge in [0.25, 0.3) is 0 Å². The van der Waals surface area contributed by atoms with E-state index in [9.17, 15) is 9.90 Å². The molecule has 0 fully saturated rings. The van der Waals surface area contributed by atoms with Crippen molar-refractivity contribution in [2.45, 2.75) is 13.5 Å². The van der Waals surface area contributed by atoms with Gasteiger partial charge in [-0.15, -0.1) is 0 Å². The lowest BCUT2D eigenvalue weighted by Gasteiger charge is -2.05. The van der Waals surface area contributed by atoms with Crippen LogP contribution < -0.4 is 11.1 Å². The van der Waals surface area contributed by atoms with Gasteiger partial charge in [-0.3, -0.25) is 9.48 Å². The predicted molar refractivity (Wildman–Crippen MR) is 68.1 cm³/mol. The van der Waals surface area contributed by atoms with Crippen molar-refractivity contribution in [2.24, 2.45) is 0 Å². The number of nitrogens with zero attached hydrogens (tertiary/aromatic N) is 2. The third-order valence-corrected chi connectivity index (χ3v) is 2.42. The molecule has 0 saturated carbocycles. The summed E-state index contributed by atoms with van der Waals surface area (Å²) in [6.45, 7) is 1.90. The van der Waals surface area contributed by atoms with E-state index < -0.39 is 0 Å².